The number of carbonyl (C=O) groups excluding carboxylic acids is 2. The number of benzene rings is 2. The molecule has 0 aromatic heterocycles. The van der Waals surface area contributed by atoms with Crippen molar-refractivity contribution >= 4 is 17.4 Å². The smallest absolute Gasteiger partial charge is 0.295 e. The highest BCUT2D eigenvalue weighted by Crippen LogP contribution is 2.39. The summed E-state index contributed by atoms with van der Waals surface area (Å²) in [6.07, 6.45) is 0.763. The molecule has 7 nitrogen and oxygen atoms in total. The second-order valence-electron chi connectivity index (χ2n) is 9.00. The number of quaternary nitrogens is 1. The van der Waals surface area contributed by atoms with Crippen LogP contribution in [-0.2, 0) is 9.59 Å². The Morgan fingerprint density at radius 3 is 2.14 bits per heavy atom. The molecule has 1 heterocycles. The molecule has 1 fully saturated rings. The fraction of sp³-hybridized carbons (Fsp3) is 0.429. The van der Waals surface area contributed by atoms with E-state index in [1.54, 1.807) is 36.3 Å². The highest BCUT2D eigenvalue weighted by molar-refractivity contribution is 6.46. The number of Topliss-reactive ketones (excluding diaryl/α,β-unsaturated/α-hetero) is 1. The van der Waals surface area contributed by atoms with E-state index in [9.17, 15) is 14.7 Å². The van der Waals surface area contributed by atoms with E-state index >= 15 is 0 Å². The van der Waals surface area contributed by atoms with Gasteiger partial charge in [0.25, 0.3) is 5.91 Å². The molecule has 0 aliphatic carbocycles. The zero-order valence-corrected chi connectivity index (χ0v) is 21.3. The van der Waals surface area contributed by atoms with E-state index < -0.39 is 23.5 Å². The maximum absolute atomic E-state index is 13.5. The summed E-state index contributed by atoms with van der Waals surface area (Å²) in [5.74, 6) is -0.481. The number of nitrogens with one attached hydrogen (secondary N) is 1. The molecule has 1 aliphatic heterocycles. The van der Waals surface area contributed by atoms with Gasteiger partial charge in [-0.05, 0) is 63.1 Å². The molecule has 0 spiro atoms. The van der Waals surface area contributed by atoms with E-state index in [0.29, 0.717) is 29.2 Å². The van der Waals surface area contributed by atoms with Crippen LogP contribution in [0.2, 0.25) is 0 Å². The van der Waals surface area contributed by atoms with Crippen LogP contribution >= 0.6 is 0 Å². The topological polar surface area (TPSA) is 83.3 Å². The Balaban J connectivity index is 2.01. The van der Waals surface area contributed by atoms with Gasteiger partial charge in [0.15, 0.2) is 0 Å². The molecule has 0 radical (unpaired) electrons. The van der Waals surface area contributed by atoms with Crippen molar-refractivity contribution in [2.45, 2.75) is 46.3 Å². The SMILES string of the molecule is CC[NH+](CC)CCCN1C(=O)C(=O)C(=C([O-])c2ccc(OC)cc2)C1c1ccc(OC(C)C)cc1. The Kier molecular flexibility index (Phi) is 8.93. The molecule has 1 amide bonds. The monoisotopic (exact) mass is 480 g/mol. The van der Waals surface area contributed by atoms with Crippen molar-refractivity contribution in [3.05, 3.63) is 65.2 Å². The van der Waals surface area contributed by atoms with E-state index in [4.69, 9.17) is 9.47 Å². The summed E-state index contributed by atoms with van der Waals surface area (Å²) in [5, 5.41) is 13.5. The van der Waals surface area contributed by atoms with Crippen molar-refractivity contribution in [1.82, 2.24) is 4.90 Å². The average Bonchev–Trinajstić information content (AvgIpc) is 3.11. The molecule has 1 aliphatic rings. The fourth-order valence-electron chi connectivity index (χ4n) is 4.45. The molecule has 1 atom stereocenters. The standard InChI is InChI=1S/C28H36N2O5/c1-6-29(7-2)17-8-18-30-25(20-9-15-23(16-10-20)35-19(3)4)24(27(32)28(30)33)26(31)21-11-13-22(34-5)14-12-21/h9-16,19,25,31H,6-8,17-18H2,1-5H3. The van der Waals surface area contributed by atoms with Gasteiger partial charge in [0, 0.05) is 18.5 Å². The normalized spacial score (nSPS) is 17.5. The predicted molar refractivity (Wildman–Crippen MR) is 133 cm³/mol. The minimum atomic E-state index is -0.732. The molecular formula is C28H36N2O5. The van der Waals surface area contributed by atoms with Gasteiger partial charge < -0.3 is 24.4 Å². The second kappa shape index (κ2) is 11.9. The number of methoxy groups -OCH3 is 1. The van der Waals surface area contributed by atoms with E-state index in [1.165, 1.54) is 4.90 Å². The van der Waals surface area contributed by atoms with Crippen molar-refractivity contribution in [2.24, 2.45) is 0 Å². The van der Waals surface area contributed by atoms with Crippen molar-refractivity contribution in [3.8, 4) is 11.5 Å². The number of hydrogen-bond donors (Lipinski definition) is 1. The summed E-state index contributed by atoms with van der Waals surface area (Å²) in [5.41, 5.74) is 1.06. The number of rotatable bonds is 11. The molecule has 0 bridgehead atoms. The third kappa shape index (κ3) is 6.03. The molecule has 3 rings (SSSR count). The fourth-order valence-corrected chi connectivity index (χ4v) is 4.45. The van der Waals surface area contributed by atoms with E-state index in [2.05, 4.69) is 13.8 Å². The summed E-state index contributed by atoms with van der Waals surface area (Å²) in [7, 11) is 1.55. The van der Waals surface area contributed by atoms with Gasteiger partial charge in [-0.25, -0.2) is 0 Å². The Bertz CT molecular complexity index is 1040. The van der Waals surface area contributed by atoms with E-state index in [-0.39, 0.29) is 11.7 Å². The quantitative estimate of drug-likeness (QED) is 0.302. The molecule has 188 valence electrons. The van der Waals surface area contributed by atoms with Crippen molar-refractivity contribution in [2.75, 3.05) is 33.3 Å². The van der Waals surface area contributed by atoms with Crippen LogP contribution in [0.1, 0.15) is 51.3 Å². The van der Waals surface area contributed by atoms with Crippen LogP contribution in [0.3, 0.4) is 0 Å². The Morgan fingerprint density at radius 2 is 1.60 bits per heavy atom. The molecule has 1 saturated heterocycles. The lowest BCUT2D eigenvalue weighted by molar-refractivity contribution is -0.896. The summed E-state index contributed by atoms with van der Waals surface area (Å²) in [6, 6.07) is 13.1. The van der Waals surface area contributed by atoms with Crippen LogP contribution in [0.4, 0.5) is 0 Å². The first-order valence-corrected chi connectivity index (χ1v) is 12.3. The summed E-state index contributed by atoms with van der Waals surface area (Å²) in [4.78, 5) is 29.3. The maximum atomic E-state index is 13.5. The van der Waals surface area contributed by atoms with Gasteiger partial charge in [-0.15, -0.1) is 0 Å². The number of likely N-dealkylation sites (tertiary alicyclic amines) is 1. The molecule has 2 aromatic carbocycles. The first-order chi connectivity index (χ1) is 16.8. The lowest BCUT2D eigenvalue weighted by Gasteiger charge is -2.28. The third-order valence-corrected chi connectivity index (χ3v) is 6.38. The predicted octanol–water partition coefficient (Wildman–Crippen LogP) is 2.02. The molecule has 35 heavy (non-hydrogen) atoms. The van der Waals surface area contributed by atoms with Gasteiger partial charge in [0.05, 0.1) is 38.9 Å². The Morgan fingerprint density at radius 1 is 1.00 bits per heavy atom. The second-order valence-corrected chi connectivity index (χ2v) is 9.00. The molecular weight excluding hydrogens is 444 g/mol. The third-order valence-electron chi connectivity index (χ3n) is 6.38. The Labute approximate surface area is 207 Å². The van der Waals surface area contributed by atoms with Gasteiger partial charge in [-0.2, -0.15) is 0 Å². The van der Waals surface area contributed by atoms with Crippen LogP contribution < -0.4 is 19.5 Å². The van der Waals surface area contributed by atoms with Crippen molar-refractivity contribution in [1.29, 1.82) is 0 Å². The van der Waals surface area contributed by atoms with E-state index in [1.807, 2.05) is 38.1 Å². The minimum Gasteiger partial charge on any atom is -0.872 e. The van der Waals surface area contributed by atoms with Crippen LogP contribution in [0.5, 0.6) is 11.5 Å². The number of hydrogen-bond acceptors (Lipinski definition) is 5. The van der Waals surface area contributed by atoms with Crippen LogP contribution in [0.15, 0.2) is 54.1 Å². The largest absolute Gasteiger partial charge is 0.872 e. The number of carbonyl (C=O) groups is 2. The number of ether oxygens (including phenoxy) is 2. The number of amides is 1. The molecule has 2 aromatic rings. The average molecular weight is 481 g/mol. The zero-order chi connectivity index (χ0) is 25.5. The lowest BCUT2D eigenvalue weighted by Crippen LogP contribution is -3.11. The Hall–Kier alpha value is -3.32. The maximum Gasteiger partial charge on any atom is 0.295 e. The summed E-state index contributed by atoms with van der Waals surface area (Å²) >= 11 is 0. The highest BCUT2D eigenvalue weighted by Gasteiger charge is 2.44. The molecule has 0 saturated carbocycles. The van der Waals surface area contributed by atoms with Gasteiger partial charge in [-0.3, -0.25) is 9.59 Å². The minimum absolute atomic E-state index is 0.00659. The van der Waals surface area contributed by atoms with Gasteiger partial charge in [0.2, 0.25) is 5.78 Å². The molecule has 1 N–H and O–H groups in total. The highest BCUT2D eigenvalue weighted by atomic mass is 16.5. The van der Waals surface area contributed by atoms with Crippen molar-refractivity contribution in [3.63, 3.8) is 0 Å². The number of ketones is 1. The van der Waals surface area contributed by atoms with Crippen LogP contribution in [0.25, 0.3) is 5.76 Å². The molecule has 1 unspecified atom stereocenters. The molecule has 7 heteroatoms. The summed E-state index contributed by atoms with van der Waals surface area (Å²) in [6.45, 7) is 11.4. The zero-order valence-electron chi connectivity index (χ0n) is 21.3. The van der Waals surface area contributed by atoms with Crippen LogP contribution in [0, 0.1) is 0 Å². The van der Waals surface area contributed by atoms with Gasteiger partial charge >= 0.3 is 0 Å². The van der Waals surface area contributed by atoms with E-state index in [0.717, 1.165) is 26.1 Å². The van der Waals surface area contributed by atoms with Gasteiger partial charge in [0.1, 0.15) is 11.5 Å². The van der Waals surface area contributed by atoms with Crippen molar-refractivity contribution < 1.29 is 29.1 Å². The van der Waals surface area contributed by atoms with Gasteiger partial charge in [-0.1, -0.05) is 30.0 Å². The first kappa shape index (κ1) is 26.3. The van der Waals surface area contributed by atoms with Crippen LogP contribution in [-0.4, -0.2) is 56.0 Å². The summed E-state index contributed by atoms with van der Waals surface area (Å²) < 4.78 is 10.9. The lowest BCUT2D eigenvalue weighted by atomic mass is 9.95. The first-order valence-electron chi connectivity index (χ1n) is 12.3. The number of nitrogens with zero attached hydrogens (tertiary/aromatic N) is 1.